The van der Waals surface area contributed by atoms with E-state index in [0.29, 0.717) is 6.54 Å². The Morgan fingerprint density at radius 2 is 2.00 bits per heavy atom. The highest BCUT2D eigenvalue weighted by atomic mass is 16.3. The quantitative estimate of drug-likeness (QED) is 0.763. The summed E-state index contributed by atoms with van der Waals surface area (Å²) >= 11 is 0. The SMILES string of the molecule is CC.Cc1cn(CC(C)(C)O)cn1. The Hall–Kier alpha value is -0.830. The van der Waals surface area contributed by atoms with E-state index in [-0.39, 0.29) is 0 Å². The molecule has 0 amide bonds. The number of aromatic nitrogens is 2. The standard InChI is InChI=1S/C8H14N2O.C2H6/c1-7-4-10(6-9-7)5-8(2,3)11;1-2/h4,6,11H,5H2,1-3H3;1-2H3. The van der Waals surface area contributed by atoms with Gasteiger partial charge < -0.3 is 9.67 Å². The molecule has 0 aliphatic heterocycles. The number of rotatable bonds is 2. The maximum Gasteiger partial charge on any atom is 0.0950 e. The van der Waals surface area contributed by atoms with Gasteiger partial charge in [0.25, 0.3) is 0 Å². The minimum Gasteiger partial charge on any atom is -0.389 e. The van der Waals surface area contributed by atoms with Gasteiger partial charge in [-0.05, 0) is 20.8 Å². The van der Waals surface area contributed by atoms with Gasteiger partial charge in [0.1, 0.15) is 0 Å². The minimum atomic E-state index is -0.660. The van der Waals surface area contributed by atoms with E-state index < -0.39 is 5.60 Å². The summed E-state index contributed by atoms with van der Waals surface area (Å²) < 4.78 is 1.88. The van der Waals surface area contributed by atoms with Crippen molar-refractivity contribution in [1.29, 1.82) is 0 Å². The van der Waals surface area contributed by atoms with E-state index >= 15 is 0 Å². The molecule has 0 fully saturated rings. The topological polar surface area (TPSA) is 38.0 Å². The Morgan fingerprint density at radius 1 is 1.46 bits per heavy atom. The highest BCUT2D eigenvalue weighted by Gasteiger charge is 2.12. The summed E-state index contributed by atoms with van der Waals surface area (Å²) in [4.78, 5) is 4.05. The van der Waals surface area contributed by atoms with Crippen LogP contribution < -0.4 is 0 Å². The Balaban J connectivity index is 0.000000671. The Morgan fingerprint density at radius 3 is 2.31 bits per heavy atom. The Kier molecular flexibility index (Phi) is 4.70. The first-order valence-corrected chi connectivity index (χ1v) is 4.68. The molecule has 0 spiro atoms. The number of hydrogen-bond acceptors (Lipinski definition) is 2. The molecule has 0 saturated carbocycles. The van der Waals surface area contributed by atoms with Crippen molar-refractivity contribution < 1.29 is 5.11 Å². The van der Waals surface area contributed by atoms with Crippen molar-refractivity contribution in [2.45, 2.75) is 46.8 Å². The molecular formula is C10H20N2O. The van der Waals surface area contributed by atoms with Crippen LogP contribution in [0.2, 0.25) is 0 Å². The Labute approximate surface area is 80.4 Å². The molecule has 0 radical (unpaired) electrons. The van der Waals surface area contributed by atoms with Crippen molar-refractivity contribution in [3.8, 4) is 0 Å². The van der Waals surface area contributed by atoms with Crippen LogP contribution in [0, 0.1) is 6.92 Å². The monoisotopic (exact) mass is 184 g/mol. The molecule has 1 aromatic rings. The van der Waals surface area contributed by atoms with Crippen LogP contribution in [-0.2, 0) is 6.54 Å². The predicted octanol–water partition coefficient (Wildman–Crippen LogP) is 1.99. The third-order valence-corrected chi connectivity index (χ3v) is 1.33. The second-order valence-electron chi connectivity index (χ2n) is 3.50. The molecule has 1 N–H and O–H groups in total. The van der Waals surface area contributed by atoms with E-state index in [1.54, 1.807) is 20.2 Å². The fraction of sp³-hybridized carbons (Fsp3) is 0.700. The molecule has 0 aliphatic carbocycles. The highest BCUT2D eigenvalue weighted by molar-refractivity contribution is 4.93. The van der Waals surface area contributed by atoms with Crippen LogP contribution in [0.25, 0.3) is 0 Å². The summed E-state index contributed by atoms with van der Waals surface area (Å²) in [6, 6.07) is 0. The third kappa shape index (κ3) is 5.42. The molecule has 0 saturated heterocycles. The summed E-state index contributed by atoms with van der Waals surface area (Å²) in [6.45, 7) is 10.1. The van der Waals surface area contributed by atoms with E-state index in [1.165, 1.54) is 0 Å². The summed E-state index contributed by atoms with van der Waals surface area (Å²) in [5.41, 5.74) is 0.321. The molecule has 0 aromatic carbocycles. The lowest BCUT2D eigenvalue weighted by Crippen LogP contribution is -2.25. The molecular weight excluding hydrogens is 164 g/mol. The summed E-state index contributed by atoms with van der Waals surface area (Å²) in [7, 11) is 0. The first kappa shape index (κ1) is 12.2. The van der Waals surface area contributed by atoms with Gasteiger partial charge in [-0.1, -0.05) is 13.8 Å². The maximum absolute atomic E-state index is 9.43. The molecule has 13 heavy (non-hydrogen) atoms. The molecule has 1 heterocycles. The lowest BCUT2D eigenvalue weighted by Gasteiger charge is -2.16. The van der Waals surface area contributed by atoms with Gasteiger partial charge in [-0.3, -0.25) is 0 Å². The van der Waals surface area contributed by atoms with Crippen molar-refractivity contribution in [3.05, 3.63) is 18.2 Å². The first-order valence-electron chi connectivity index (χ1n) is 4.68. The number of aryl methyl sites for hydroxylation is 1. The van der Waals surface area contributed by atoms with Gasteiger partial charge >= 0.3 is 0 Å². The molecule has 1 aromatic heterocycles. The van der Waals surface area contributed by atoms with Crippen LogP contribution >= 0.6 is 0 Å². The van der Waals surface area contributed by atoms with Gasteiger partial charge in [0.15, 0.2) is 0 Å². The van der Waals surface area contributed by atoms with E-state index in [0.717, 1.165) is 5.69 Å². The molecule has 0 unspecified atom stereocenters. The zero-order valence-corrected chi connectivity index (χ0v) is 9.20. The fourth-order valence-corrected chi connectivity index (χ4v) is 1.01. The largest absolute Gasteiger partial charge is 0.389 e. The predicted molar refractivity (Wildman–Crippen MR) is 54.6 cm³/mol. The van der Waals surface area contributed by atoms with Gasteiger partial charge in [0.05, 0.1) is 24.2 Å². The first-order chi connectivity index (χ1) is 5.97. The molecule has 1 rings (SSSR count). The average molecular weight is 184 g/mol. The van der Waals surface area contributed by atoms with Crippen molar-refractivity contribution in [3.63, 3.8) is 0 Å². The number of aliphatic hydroxyl groups is 1. The van der Waals surface area contributed by atoms with Crippen LogP contribution in [0.1, 0.15) is 33.4 Å². The zero-order valence-electron chi connectivity index (χ0n) is 9.20. The third-order valence-electron chi connectivity index (χ3n) is 1.33. The van der Waals surface area contributed by atoms with Crippen molar-refractivity contribution >= 4 is 0 Å². The average Bonchev–Trinajstić information content (AvgIpc) is 2.36. The molecule has 3 heteroatoms. The van der Waals surface area contributed by atoms with E-state index in [9.17, 15) is 5.11 Å². The van der Waals surface area contributed by atoms with Crippen LogP contribution in [0.4, 0.5) is 0 Å². The van der Waals surface area contributed by atoms with Gasteiger partial charge in [-0.2, -0.15) is 0 Å². The molecule has 0 bridgehead atoms. The summed E-state index contributed by atoms with van der Waals surface area (Å²) in [5, 5.41) is 9.43. The number of imidazole rings is 1. The molecule has 76 valence electrons. The van der Waals surface area contributed by atoms with Crippen LogP contribution in [0.5, 0.6) is 0 Å². The lowest BCUT2D eigenvalue weighted by atomic mass is 10.1. The second-order valence-corrected chi connectivity index (χ2v) is 3.50. The zero-order chi connectivity index (χ0) is 10.5. The smallest absolute Gasteiger partial charge is 0.0950 e. The van der Waals surface area contributed by atoms with Gasteiger partial charge in [-0.15, -0.1) is 0 Å². The van der Waals surface area contributed by atoms with E-state index in [1.807, 2.05) is 31.5 Å². The Bertz CT molecular complexity index is 235. The van der Waals surface area contributed by atoms with E-state index in [4.69, 9.17) is 0 Å². The van der Waals surface area contributed by atoms with Crippen molar-refractivity contribution in [1.82, 2.24) is 9.55 Å². The maximum atomic E-state index is 9.43. The minimum absolute atomic E-state index is 0.591. The number of nitrogens with zero attached hydrogens (tertiary/aromatic N) is 2. The summed E-state index contributed by atoms with van der Waals surface area (Å²) in [6.07, 6.45) is 3.64. The van der Waals surface area contributed by atoms with Crippen molar-refractivity contribution in [2.75, 3.05) is 0 Å². The van der Waals surface area contributed by atoms with Crippen LogP contribution in [0.15, 0.2) is 12.5 Å². The van der Waals surface area contributed by atoms with Gasteiger partial charge in [0, 0.05) is 6.20 Å². The number of hydrogen-bond donors (Lipinski definition) is 1. The molecule has 0 atom stereocenters. The van der Waals surface area contributed by atoms with E-state index in [2.05, 4.69) is 4.98 Å². The lowest BCUT2D eigenvalue weighted by molar-refractivity contribution is 0.0615. The van der Waals surface area contributed by atoms with Gasteiger partial charge in [0.2, 0.25) is 0 Å². The highest BCUT2D eigenvalue weighted by Crippen LogP contribution is 2.05. The molecule has 0 aliphatic rings. The second kappa shape index (κ2) is 5.02. The van der Waals surface area contributed by atoms with Gasteiger partial charge in [-0.25, -0.2) is 4.98 Å². The van der Waals surface area contributed by atoms with Crippen LogP contribution in [-0.4, -0.2) is 20.3 Å². The fourth-order valence-electron chi connectivity index (χ4n) is 1.01. The normalized spacial score (nSPS) is 10.6. The summed E-state index contributed by atoms with van der Waals surface area (Å²) in [5.74, 6) is 0. The van der Waals surface area contributed by atoms with Crippen LogP contribution in [0.3, 0.4) is 0 Å². The molecule has 3 nitrogen and oxygen atoms in total. The van der Waals surface area contributed by atoms with Crippen molar-refractivity contribution in [2.24, 2.45) is 0 Å².